The first-order valence-corrected chi connectivity index (χ1v) is 8.50. The number of hydrogen-bond acceptors (Lipinski definition) is 3. The third kappa shape index (κ3) is 6.08. The lowest BCUT2D eigenvalue weighted by Gasteiger charge is -2.19. The minimum atomic E-state index is 0.659. The molecule has 20 heavy (non-hydrogen) atoms. The van der Waals surface area contributed by atoms with Crippen LogP contribution in [0.4, 0.5) is 0 Å². The van der Waals surface area contributed by atoms with Crippen LogP contribution in [0.15, 0.2) is 10.6 Å². The summed E-state index contributed by atoms with van der Waals surface area (Å²) in [4.78, 5) is 0. The molecule has 0 amide bonds. The van der Waals surface area contributed by atoms with Gasteiger partial charge in [0.1, 0.15) is 5.76 Å². The second-order valence-electron chi connectivity index (χ2n) is 6.27. The molecule has 0 atom stereocenters. The van der Waals surface area contributed by atoms with Crippen LogP contribution in [0, 0.1) is 6.92 Å². The molecular weight excluding hydrogens is 248 g/mol. The van der Waals surface area contributed by atoms with Gasteiger partial charge in [-0.3, -0.25) is 0 Å². The molecule has 1 aromatic rings. The minimum Gasteiger partial charge on any atom is -0.361 e. The van der Waals surface area contributed by atoms with Crippen LogP contribution in [0.5, 0.6) is 0 Å². The van der Waals surface area contributed by atoms with Crippen molar-refractivity contribution in [2.24, 2.45) is 0 Å². The molecule has 1 aliphatic rings. The van der Waals surface area contributed by atoms with Gasteiger partial charge in [-0.25, -0.2) is 0 Å². The van der Waals surface area contributed by atoms with E-state index in [9.17, 15) is 0 Å². The standard InChI is InChI=1S/C17H30N2O/c1-15-13-17(19-20-15)14-18-16-11-9-7-5-3-2-4-6-8-10-12-16/h13,16,18H,2-12,14H2,1H3. The van der Waals surface area contributed by atoms with Crippen LogP contribution >= 0.6 is 0 Å². The van der Waals surface area contributed by atoms with Gasteiger partial charge in [0.25, 0.3) is 0 Å². The summed E-state index contributed by atoms with van der Waals surface area (Å²) >= 11 is 0. The largest absolute Gasteiger partial charge is 0.361 e. The Kier molecular flexibility index (Phi) is 7.13. The molecule has 1 aromatic heterocycles. The van der Waals surface area contributed by atoms with Gasteiger partial charge >= 0.3 is 0 Å². The predicted octanol–water partition coefficient (Wildman–Crippen LogP) is 4.75. The Balaban J connectivity index is 1.73. The maximum atomic E-state index is 5.13. The van der Waals surface area contributed by atoms with Gasteiger partial charge in [-0.05, 0) is 19.8 Å². The van der Waals surface area contributed by atoms with Gasteiger partial charge in [-0.2, -0.15) is 0 Å². The van der Waals surface area contributed by atoms with Gasteiger partial charge in [-0.15, -0.1) is 0 Å². The maximum absolute atomic E-state index is 5.13. The van der Waals surface area contributed by atoms with Crippen LogP contribution in [0.1, 0.15) is 82.1 Å². The van der Waals surface area contributed by atoms with Gasteiger partial charge in [0, 0.05) is 18.7 Å². The normalized spacial score (nSPS) is 20.2. The summed E-state index contributed by atoms with van der Waals surface area (Å²) in [7, 11) is 0. The van der Waals surface area contributed by atoms with Gasteiger partial charge in [-0.1, -0.05) is 62.9 Å². The number of hydrogen-bond donors (Lipinski definition) is 1. The lowest BCUT2D eigenvalue weighted by atomic mass is 9.98. The molecular formula is C17H30N2O. The highest BCUT2D eigenvalue weighted by molar-refractivity contribution is 5.03. The topological polar surface area (TPSA) is 38.1 Å². The number of nitrogens with zero attached hydrogens (tertiary/aromatic N) is 1. The van der Waals surface area contributed by atoms with Gasteiger partial charge < -0.3 is 9.84 Å². The van der Waals surface area contributed by atoms with Crippen LogP contribution in [-0.2, 0) is 6.54 Å². The van der Waals surface area contributed by atoms with E-state index >= 15 is 0 Å². The van der Waals surface area contributed by atoms with Crippen molar-refractivity contribution >= 4 is 0 Å². The van der Waals surface area contributed by atoms with Gasteiger partial charge in [0.2, 0.25) is 0 Å². The second kappa shape index (κ2) is 9.17. The number of rotatable bonds is 3. The molecule has 1 heterocycles. The first-order chi connectivity index (χ1) is 9.84. The fraction of sp³-hybridized carbons (Fsp3) is 0.824. The van der Waals surface area contributed by atoms with Crippen LogP contribution < -0.4 is 5.32 Å². The molecule has 0 spiro atoms. The van der Waals surface area contributed by atoms with Crippen LogP contribution in [0.25, 0.3) is 0 Å². The lowest BCUT2D eigenvalue weighted by Crippen LogP contribution is -2.28. The minimum absolute atomic E-state index is 0.659. The third-order valence-electron chi connectivity index (χ3n) is 4.35. The molecule has 1 N–H and O–H groups in total. The summed E-state index contributed by atoms with van der Waals surface area (Å²) in [6.07, 6.45) is 15.4. The van der Waals surface area contributed by atoms with Crippen molar-refractivity contribution in [3.05, 3.63) is 17.5 Å². The van der Waals surface area contributed by atoms with E-state index in [1.54, 1.807) is 0 Å². The first-order valence-electron chi connectivity index (χ1n) is 8.50. The van der Waals surface area contributed by atoms with Crippen molar-refractivity contribution in [1.82, 2.24) is 10.5 Å². The summed E-state index contributed by atoms with van der Waals surface area (Å²) in [5, 5.41) is 7.75. The quantitative estimate of drug-likeness (QED) is 0.867. The van der Waals surface area contributed by atoms with Crippen molar-refractivity contribution in [3.63, 3.8) is 0 Å². The SMILES string of the molecule is Cc1cc(CNC2CCCCCCCCCCC2)no1. The predicted molar refractivity (Wildman–Crippen MR) is 82.7 cm³/mol. The summed E-state index contributed by atoms with van der Waals surface area (Å²) in [6, 6.07) is 2.69. The van der Waals surface area contributed by atoms with E-state index in [0.717, 1.165) is 18.0 Å². The molecule has 1 aliphatic carbocycles. The van der Waals surface area contributed by atoms with Crippen LogP contribution in [0.3, 0.4) is 0 Å². The zero-order chi connectivity index (χ0) is 14.0. The molecule has 1 saturated carbocycles. The highest BCUT2D eigenvalue weighted by atomic mass is 16.5. The Labute approximate surface area is 123 Å². The molecule has 0 unspecified atom stereocenters. The van der Waals surface area contributed by atoms with Crippen LogP contribution in [-0.4, -0.2) is 11.2 Å². The van der Waals surface area contributed by atoms with Crippen molar-refractivity contribution in [2.75, 3.05) is 0 Å². The Morgan fingerprint density at radius 2 is 1.55 bits per heavy atom. The fourth-order valence-corrected chi connectivity index (χ4v) is 3.12. The molecule has 3 heteroatoms. The summed E-state index contributed by atoms with van der Waals surface area (Å²) in [6.45, 7) is 2.80. The van der Waals surface area contributed by atoms with E-state index in [1.807, 2.05) is 13.0 Å². The molecule has 3 nitrogen and oxygen atoms in total. The molecule has 1 fully saturated rings. The molecule has 114 valence electrons. The summed E-state index contributed by atoms with van der Waals surface area (Å²) < 4.78 is 5.13. The first kappa shape index (κ1) is 15.6. The average Bonchev–Trinajstić information content (AvgIpc) is 2.84. The molecule has 0 radical (unpaired) electrons. The average molecular weight is 278 g/mol. The van der Waals surface area contributed by atoms with E-state index in [1.165, 1.54) is 70.6 Å². The number of aryl methyl sites for hydroxylation is 1. The zero-order valence-electron chi connectivity index (χ0n) is 13.0. The molecule has 0 bridgehead atoms. The Bertz CT molecular complexity index is 350. The van der Waals surface area contributed by atoms with Gasteiger partial charge in [0.05, 0.1) is 5.69 Å². The molecule has 0 aromatic carbocycles. The van der Waals surface area contributed by atoms with E-state index in [0.29, 0.717) is 6.04 Å². The lowest BCUT2D eigenvalue weighted by molar-refractivity contribution is 0.374. The van der Waals surface area contributed by atoms with E-state index in [4.69, 9.17) is 4.52 Å². The summed E-state index contributed by atoms with van der Waals surface area (Å²) in [5.74, 6) is 0.903. The van der Waals surface area contributed by atoms with E-state index < -0.39 is 0 Å². The second-order valence-corrected chi connectivity index (χ2v) is 6.27. The van der Waals surface area contributed by atoms with Crippen molar-refractivity contribution in [3.8, 4) is 0 Å². The Hall–Kier alpha value is -0.830. The summed E-state index contributed by atoms with van der Waals surface area (Å²) in [5.41, 5.74) is 1.04. The Morgan fingerprint density at radius 1 is 1.00 bits per heavy atom. The zero-order valence-corrected chi connectivity index (χ0v) is 13.0. The monoisotopic (exact) mass is 278 g/mol. The molecule has 0 saturated heterocycles. The van der Waals surface area contributed by atoms with Crippen molar-refractivity contribution in [2.45, 2.75) is 90.1 Å². The van der Waals surface area contributed by atoms with Crippen LogP contribution in [0.2, 0.25) is 0 Å². The van der Waals surface area contributed by atoms with Crippen molar-refractivity contribution in [1.29, 1.82) is 0 Å². The molecule has 2 rings (SSSR count). The number of aromatic nitrogens is 1. The fourth-order valence-electron chi connectivity index (χ4n) is 3.12. The maximum Gasteiger partial charge on any atom is 0.133 e. The smallest absolute Gasteiger partial charge is 0.133 e. The highest BCUT2D eigenvalue weighted by Gasteiger charge is 2.10. The van der Waals surface area contributed by atoms with E-state index in [2.05, 4.69) is 10.5 Å². The van der Waals surface area contributed by atoms with Gasteiger partial charge in [0.15, 0.2) is 0 Å². The Morgan fingerprint density at radius 3 is 2.05 bits per heavy atom. The van der Waals surface area contributed by atoms with Crippen molar-refractivity contribution < 1.29 is 4.52 Å². The number of nitrogens with one attached hydrogen (secondary N) is 1. The van der Waals surface area contributed by atoms with E-state index in [-0.39, 0.29) is 0 Å². The third-order valence-corrected chi connectivity index (χ3v) is 4.35. The molecule has 0 aliphatic heterocycles. The highest BCUT2D eigenvalue weighted by Crippen LogP contribution is 2.17.